The van der Waals surface area contributed by atoms with Gasteiger partial charge < -0.3 is 10.6 Å². The van der Waals surface area contributed by atoms with Crippen LogP contribution in [0.25, 0.3) is 6.08 Å². The molecule has 0 radical (unpaired) electrons. The van der Waals surface area contributed by atoms with Crippen molar-refractivity contribution in [1.82, 2.24) is 15.0 Å². The van der Waals surface area contributed by atoms with Crippen molar-refractivity contribution in [1.29, 1.82) is 0 Å². The molecule has 0 saturated heterocycles. The molecule has 0 amide bonds. The van der Waals surface area contributed by atoms with E-state index >= 15 is 0 Å². The maximum Gasteiger partial charge on any atom is 0.250 e. The van der Waals surface area contributed by atoms with Gasteiger partial charge in [-0.3, -0.25) is 0 Å². The zero-order chi connectivity index (χ0) is 22.0. The largest absolute Gasteiger partial charge is 0.324 e. The van der Waals surface area contributed by atoms with Gasteiger partial charge in [0.05, 0.1) is 6.21 Å². The number of hydrogen-bond acceptors (Lipinski definition) is 7. The van der Waals surface area contributed by atoms with E-state index in [4.69, 9.17) is 0 Å². The summed E-state index contributed by atoms with van der Waals surface area (Å²) >= 11 is 0. The first kappa shape index (κ1) is 20.7. The number of para-hydroxylation sites is 2. The monoisotopic (exact) mass is 421 g/mol. The van der Waals surface area contributed by atoms with Gasteiger partial charge in [0, 0.05) is 11.4 Å². The number of nitrogens with one attached hydrogen (secondary N) is 3. The molecular formula is C25H23N7. The minimum absolute atomic E-state index is 0.320. The molecule has 0 spiro atoms. The molecule has 0 saturated carbocycles. The highest BCUT2D eigenvalue weighted by molar-refractivity contribution is 5.85. The molecule has 7 nitrogen and oxygen atoms in total. The Labute approximate surface area is 187 Å². The minimum Gasteiger partial charge on any atom is -0.324 e. The highest BCUT2D eigenvalue weighted by Crippen LogP contribution is 2.18. The zero-order valence-electron chi connectivity index (χ0n) is 17.6. The van der Waals surface area contributed by atoms with Crippen LogP contribution in [0.1, 0.15) is 12.5 Å². The summed E-state index contributed by atoms with van der Waals surface area (Å²) in [5.74, 6) is 1.12. The SMILES string of the molecule is CC(=C/c1ccccc1)/C=N/Nc1nc(Nc2ccccc2)nc(Nc2ccccc2)n1. The third-order valence-corrected chi connectivity index (χ3v) is 4.32. The Morgan fingerprint density at radius 2 is 1.12 bits per heavy atom. The quantitative estimate of drug-likeness (QED) is 0.244. The first-order valence-corrected chi connectivity index (χ1v) is 10.2. The molecule has 0 bridgehead atoms. The molecule has 4 aromatic rings. The highest BCUT2D eigenvalue weighted by Gasteiger charge is 2.07. The van der Waals surface area contributed by atoms with Gasteiger partial charge in [-0.1, -0.05) is 72.8 Å². The van der Waals surface area contributed by atoms with E-state index in [1.807, 2.05) is 104 Å². The van der Waals surface area contributed by atoms with Gasteiger partial charge in [0.2, 0.25) is 17.8 Å². The third kappa shape index (κ3) is 6.24. The Hall–Kier alpha value is -4.52. The highest BCUT2D eigenvalue weighted by atomic mass is 15.4. The fraction of sp³-hybridized carbons (Fsp3) is 0.0400. The minimum atomic E-state index is 0.320. The molecular weight excluding hydrogens is 398 g/mol. The van der Waals surface area contributed by atoms with Gasteiger partial charge in [-0.25, -0.2) is 5.43 Å². The van der Waals surface area contributed by atoms with Crippen LogP contribution < -0.4 is 16.1 Å². The molecule has 4 rings (SSSR count). The van der Waals surface area contributed by atoms with Crippen molar-refractivity contribution in [2.45, 2.75) is 6.92 Å². The van der Waals surface area contributed by atoms with Crippen LogP contribution in [-0.4, -0.2) is 21.2 Å². The van der Waals surface area contributed by atoms with Gasteiger partial charge in [-0.2, -0.15) is 20.1 Å². The normalized spacial score (nSPS) is 11.3. The summed E-state index contributed by atoms with van der Waals surface area (Å²) in [5, 5.41) is 10.7. The molecule has 3 aromatic carbocycles. The number of hydrazone groups is 1. The molecule has 32 heavy (non-hydrogen) atoms. The molecule has 3 N–H and O–H groups in total. The van der Waals surface area contributed by atoms with Crippen LogP contribution in [-0.2, 0) is 0 Å². The van der Waals surface area contributed by atoms with E-state index in [-0.39, 0.29) is 0 Å². The van der Waals surface area contributed by atoms with Crippen molar-refractivity contribution in [3.05, 3.63) is 102 Å². The van der Waals surface area contributed by atoms with E-state index in [1.165, 1.54) is 0 Å². The van der Waals surface area contributed by atoms with Gasteiger partial charge in [0.25, 0.3) is 0 Å². The molecule has 0 aliphatic carbocycles. The van der Waals surface area contributed by atoms with E-state index in [1.54, 1.807) is 6.21 Å². The molecule has 1 heterocycles. The predicted molar refractivity (Wildman–Crippen MR) is 131 cm³/mol. The summed E-state index contributed by atoms with van der Waals surface area (Å²) in [5.41, 5.74) is 6.75. The van der Waals surface area contributed by atoms with Gasteiger partial charge in [-0.15, -0.1) is 0 Å². The summed E-state index contributed by atoms with van der Waals surface area (Å²) in [6.07, 6.45) is 3.77. The van der Waals surface area contributed by atoms with Gasteiger partial charge >= 0.3 is 0 Å². The first-order valence-electron chi connectivity index (χ1n) is 10.2. The van der Waals surface area contributed by atoms with Crippen molar-refractivity contribution in [2.24, 2.45) is 5.10 Å². The fourth-order valence-electron chi connectivity index (χ4n) is 2.88. The lowest BCUT2D eigenvalue weighted by Crippen LogP contribution is -2.07. The number of benzene rings is 3. The molecule has 0 fully saturated rings. The summed E-state index contributed by atoms with van der Waals surface area (Å²) < 4.78 is 0. The average molecular weight is 422 g/mol. The molecule has 0 aliphatic heterocycles. The van der Waals surface area contributed by atoms with Crippen LogP contribution >= 0.6 is 0 Å². The smallest absolute Gasteiger partial charge is 0.250 e. The zero-order valence-corrected chi connectivity index (χ0v) is 17.6. The lowest BCUT2D eigenvalue weighted by atomic mass is 10.1. The van der Waals surface area contributed by atoms with Crippen LogP contribution in [0.3, 0.4) is 0 Å². The Kier molecular flexibility index (Phi) is 6.80. The summed E-state index contributed by atoms with van der Waals surface area (Å²) in [7, 11) is 0. The van der Waals surface area contributed by atoms with E-state index in [0.29, 0.717) is 17.8 Å². The second-order valence-corrected chi connectivity index (χ2v) is 6.96. The maximum absolute atomic E-state index is 4.48. The van der Waals surface area contributed by atoms with Crippen molar-refractivity contribution in [2.75, 3.05) is 16.1 Å². The van der Waals surface area contributed by atoms with Crippen molar-refractivity contribution in [3.8, 4) is 0 Å². The van der Waals surface area contributed by atoms with Crippen molar-refractivity contribution >= 4 is 41.5 Å². The summed E-state index contributed by atoms with van der Waals surface area (Å²) in [4.78, 5) is 13.3. The first-order chi connectivity index (χ1) is 15.7. The molecule has 7 heteroatoms. The standard InChI is InChI=1S/C25H23N7/c1-19(17-20-11-5-2-6-12-20)18-26-32-25-30-23(27-21-13-7-3-8-14-21)29-24(31-25)28-22-15-9-4-10-16-22/h2-18H,1H3,(H3,27,28,29,30,31,32)/b19-17-,26-18+. The topological polar surface area (TPSA) is 87.1 Å². The van der Waals surface area contributed by atoms with Crippen LogP contribution in [0, 0.1) is 0 Å². The number of allylic oxidation sites excluding steroid dienone is 1. The molecule has 0 aliphatic rings. The van der Waals surface area contributed by atoms with Crippen molar-refractivity contribution < 1.29 is 0 Å². The predicted octanol–water partition coefficient (Wildman–Crippen LogP) is 5.86. The fourth-order valence-corrected chi connectivity index (χ4v) is 2.88. The lowest BCUT2D eigenvalue weighted by Gasteiger charge is -2.10. The lowest BCUT2D eigenvalue weighted by molar-refractivity contribution is 1.04. The van der Waals surface area contributed by atoms with E-state index in [9.17, 15) is 0 Å². The Morgan fingerprint density at radius 3 is 1.66 bits per heavy atom. The summed E-state index contributed by atoms with van der Waals surface area (Å²) in [6, 6.07) is 29.5. The van der Waals surface area contributed by atoms with Gasteiger partial charge in [-0.05, 0) is 42.3 Å². The van der Waals surface area contributed by atoms with Crippen LogP contribution in [0.4, 0.5) is 29.2 Å². The number of nitrogens with zero attached hydrogens (tertiary/aromatic N) is 4. The maximum atomic E-state index is 4.48. The van der Waals surface area contributed by atoms with Gasteiger partial charge in [0.1, 0.15) is 0 Å². The number of rotatable bonds is 8. The second kappa shape index (κ2) is 10.5. The molecule has 0 unspecified atom stereocenters. The molecule has 1 aromatic heterocycles. The Morgan fingerprint density at radius 1 is 0.656 bits per heavy atom. The number of aromatic nitrogens is 3. The van der Waals surface area contributed by atoms with E-state index in [2.05, 4.69) is 36.1 Å². The van der Waals surface area contributed by atoms with Crippen LogP contribution in [0.5, 0.6) is 0 Å². The Balaban J connectivity index is 1.53. The van der Waals surface area contributed by atoms with E-state index in [0.717, 1.165) is 22.5 Å². The molecule has 0 atom stereocenters. The van der Waals surface area contributed by atoms with E-state index < -0.39 is 0 Å². The number of hydrogen-bond donors (Lipinski definition) is 3. The number of anilines is 5. The Bertz CT molecular complexity index is 1130. The van der Waals surface area contributed by atoms with Crippen LogP contribution in [0.15, 0.2) is 102 Å². The average Bonchev–Trinajstić information content (AvgIpc) is 2.81. The summed E-state index contributed by atoms with van der Waals surface area (Å²) in [6.45, 7) is 1.98. The van der Waals surface area contributed by atoms with Crippen LogP contribution in [0.2, 0.25) is 0 Å². The van der Waals surface area contributed by atoms with Crippen molar-refractivity contribution in [3.63, 3.8) is 0 Å². The molecule has 158 valence electrons. The second-order valence-electron chi connectivity index (χ2n) is 6.96. The third-order valence-electron chi connectivity index (χ3n) is 4.32. The van der Waals surface area contributed by atoms with Gasteiger partial charge in [0.15, 0.2) is 0 Å².